The van der Waals surface area contributed by atoms with E-state index in [0.717, 1.165) is 50.4 Å². The van der Waals surface area contributed by atoms with Crippen LogP contribution in [0, 0.1) is 0 Å². The lowest BCUT2D eigenvalue weighted by Crippen LogP contribution is -2.41. The molecule has 7 rings (SSSR count). The van der Waals surface area contributed by atoms with Gasteiger partial charge in [-0.05, 0) is 114 Å². The molecule has 52 heavy (non-hydrogen) atoms. The molecule has 0 fully saturated rings. The van der Waals surface area contributed by atoms with Gasteiger partial charge in [0.05, 0.1) is 11.0 Å². The largest absolute Gasteiger partial charge is 0.468 e. The van der Waals surface area contributed by atoms with Crippen molar-refractivity contribution in [1.29, 1.82) is 0 Å². The Morgan fingerprint density at radius 1 is 0.596 bits per heavy atom. The zero-order valence-electron chi connectivity index (χ0n) is 33.0. The van der Waals surface area contributed by atoms with Gasteiger partial charge in [0.25, 0.3) is 0 Å². The molecule has 0 bridgehead atoms. The van der Waals surface area contributed by atoms with E-state index in [2.05, 4.69) is 179 Å². The van der Waals surface area contributed by atoms with Crippen LogP contribution in [0.1, 0.15) is 111 Å². The van der Waals surface area contributed by atoms with Crippen molar-refractivity contribution in [2.45, 2.75) is 110 Å². The molecule has 6 aromatic rings. The number of aromatic nitrogens is 2. The molecule has 5 nitrogen and oxygen atoms in total. The number of fused-ring (bicyclic) bond motifs is 3. The minimum absolute atomic E-state index is 0.0129. The quantitative estimate of drug-likeness (QED) is 0.181. The molecule has 0 radical (unpaired) electrons. The van der Waals surface area contributed by atoms with Crippen LogP contribution in [0.4, 0.5) is 0 Å². The van der Waals surface area contributed by atoms with E-state index < -0.39 is 11.1 Å². The molecule has 1 atom stereocenters. The zero-order chi connectivity index (χ0) is 37.4. The van der Waals surface area contributed by atoms with Crippen molar-refractivity contribution < 1.29 is 9.47 Å². The number of rotatable bonds is 5. The van der Waals surface area contributed by atoms with Crippen molar-refractivity contribution >= 4 is 27.7 Å². The van der Waals surface area contributed by atoms with Crippen molar-refractivity contribution in [2.75, 3.05) is 0 Å². The first kappa shape index (κ1) is 35.5. The van der Waals surface area contributed by atoms with Gasteiger partial charge in [-0.3, -0.25) is 4.57 Å². The Labute approximate surface area is 309 Å². The first-order valence-electron chi connectivity index (χ1n) is 18.5. The molecule has 0 saturated carbocycles. The Morgan fingerprint density at radius 3 is 1.94 bits per heavy atom. The summed E-state index contributed by atoms with van der Waals surface area (Å²) in [5.74, 6) is 3.01. The number of hydrogen-bond acceptors (Lipinski definition) is 4. The smallest absolute Gasteiger partial charge is 0.217 e. The van der Waals surface area contributed by atoms with Gasteiger partial charge < -0.3 is 9.47 Å². The van der Waals surface area contributed by atoms with E-state index in [1.54, 1.807) is 0 Å². The molecular weight excluding hydrogens is 639 g/mol. The number of pyridine rings is 1. The predicted molar refractivity (Wildman–Crippen MR) is 217 cm³/mol. The van der Waals surface area contributed by atoms with Crippen LogP contribution in [0.2, 0.25) is 0 Å². The maximum absolute atomic E-state index is 6.81. The lowest BCUT2D eigenvalue weighted by molar-refractivity contribution is 0.0519. The van der Waals surface area contributed by atoms with Gasteiger partial charge >= 0.3 is 0 Å². The average Bonchev–Trinajstić information content (AvgIpc) is 3.53. The summed E-state index contributed by atoms with van der Waals surface area (Å²) in [4.78, 5) is 10.2. The van der Waals surface area contributed by atoms with Gasteiger partial charge in [-0.15, -0.1) is 0 Å². The Kier molecular flexibility index (Phi) is 8.25. The highest BCUT2D eigenvalue weighted by atomic mass is 16.5. The second-order valence-electron chi connectivity index (χ2n) is 18.2. The van der Waals surface area contributed by atoms with E-state index in [0.29, 0.717) is 5.90 Å². The summed E-state index contributed by atoms with van der Waals surface area (Å²) in [7, 11) is 0. The predicted octanol–water partition coefficient (Wildman–Crippen LogP) is 12.3. The molecule has 5 heteroatoms. The van der Waals surface area contributed by atoms with Gasteiger partial charge in [-0.25, -0.2) is 9.98 Å². The minimum atomic E-state index is -0.550. The molecule has 3 heterocycles. The van der Waals surface area contributed by atoms with E-state index in [1.165, 1.54) is 16.5 Å². The molecule has 1 aliphatic rings. The van der Waals surface area contributed by atoms with Crippen LogP contribution in [0.3, 0.4) is 0 Å². The number of hydrogen-bond donors (Lipinski definition) is 0. The summed E-state index contributed by atoms with van der Waals surface area (Å²) in [5.41, 5.74) is 6.66. The lowest BCUT2D eigenvalue weighted by atomic mass is 9.79. The summed E-state index contributed by atoms with van der Waals surface area (Å²) < 4.78 is 15.8. The van der Waals surface area contributed by atoms with E-state index in [4.69, 9.17) is 19.5 Å². The van der Waals surface area contributed by atoms with Gasteiger partial charge in [-0.2, -0.15) is 0 Å². The van der Waals surface area contributed by atoms with Crippen LogP contribution in [0.15, 0.2) is 108 Å². The summed E-state index contributed by atoms with van der Waals surface area (Å²) in [6.45, 7) is 26.6. The normalized spacial score (nSPS) is 17.7. The van der Waals surface area contributed by atoms with Gasteiger partial charge in [0.2, 0.25) is 5.90 Å². The summed E-state index contributed by atoms with van der Waals surface area (Å²) in [5, 5.41) is 2.37. The third-order valence-electron chi connectivity index (χ3n) is 10.9. The number of nitrogens with zero attached hydrogens (tertiary/aromatic N) is 3. The summed E-state index contributed by atoms with van der Waals surface area (Å²) in [6, 6.07) is 34.4. The standard InChI is InChI=1S/C47H53N3O2/c1-43(2,3)32-18-21-39-38(27-32)37-20-19-35(29-40(37)50(39)41-28-33(22-23-48-41)44(4,5)6)51-36-25-30(24-34(26-36)45(7,8)9)42-49-47(12,46(10,11)52-42)31-16-14-13-15-17-31/h13-29H,1-12H3/t47-/m1/s1. The minimum Gasteiger partial charge on any atom is -0.468 e. The Balaban J connectivity index is 1.37. The monoisotopic (exact) mass is 691 g/mol. The topological polar surface area (TPSA) is 48.6 Å². The second kappa shape index (κ2) is 12.1. The number of aliphatic imine (C=N–C) groups is 1. The fraction of sp³-hybridized carbons (Fsp3) is 0.362. The third kappa shape index (κ3) is 6.29. The summed E-state index contributed by atoms with van der Waals surface area (Å²) >= 11 is 0. The molecule has 0 amide bonds. The van der Waals surface area contributed by atoms with Crippen LogP contribution in [0.25, 0.3) is 27.6 Å². The van der Waals surface area contributed by atoms with E-state index in [-0.39, 0.29) is 16.2 Å². The van der Waals surface area contributed by atoms with Crippen LogP contribution in [-0.2, 0) is 26.5 Å². The molecule has 0 spiro atoms. The Bertz CT molecular complexity index is 2340. The first-order valence-corrected chi connectivity index (χ1v) is 18.5. The van der Waals surface area contributed by atoms with Crippen LogP contribution in [-0.4, -0.2) is 21.0 Å². The van der Waals surface area contributed by atoms with Crippen LogP contribution in [0.5, 0.6) is 11.5 Å². The molecular formula is C47H53N3O2. The highest BCUT2D eigenvalue weighted by Crippen LogP contribution is 2.45. The van der Waals surface area contributed by atoms with Gasteiger partial charge in [0, 0.05) is 28.6 Å². The fourth-order valence-electron chi connectivity index (χ4n) is 7.14. The van der Waals surface area contributed by atoms with E-state index in [9.17, 15) is 0 Å². The van der Waals surface area contributed by atoms with Gasteiger partial charge in [0.15, 0.2) is 0 Å². The fourth-order valence-corrected chi connectivity index (χ4v) is 7.14. The number of ether oxygens (including phenoxy) is 2. The third-order valence-corrected chi connectivity index (χ3v) is 10.9. The molecule has 0 aliphatic carbocycles. The molecule has 4 aromatic carbocycles. The van der Waals surface area contributed by atoms with E-state index in [1.807, 2.05) is 12.3 Å². The van der Waals surface area contributed by atoms with Crippen molar-refractivity contribution in [3.05, 3.63) is 131 Å². The van der Waals surface area contributed by atoms with Crippen LogP contribution < -0.4 is 4.74 Å². The number of benzene rings is 4. The van der Waals surface area contributed by atoms with E-state index >= 15 is 0 Å². The maximum Gasteiger partial charge on any atom is 0.217 e. The first-order chi connectivity index (χ1) is 24.2. The molecule has 0 N–H and O–H groups in total. The molecule has 268 valence electrons. The Morgan fingerprint density at radius 2 is 1.27 bits per heavy atom. The van der Waals surface area contributed by atoms with Gasteiger partial charge in [0.1, 0.15) is 28.5 Å². The SMILES string of the molecule is CC(C)(C)c1cc(Oc2ccc3c4cc(C(C)(C)C)ccc4n(-c4cc(C(C)(C)C)ccn4)c3c2)cc(C2=N[C@](C)(c3ccccc3)C(C)(C)O2)c1. The van der Waals surface area contributed by atoms with Crippen LogP contribution >= 0.6 is 0 Å². The maximum atomic E-state index is 6.81. The molecule has 2 aromatic heterocycles. The molecule has 0 unspecified atom stereocenters. The Hall–Kier alpha value is -4.90. The molecule has 1 aliphatic heterocycles. The van der Waals surface area contributed by atoms with Gasteiger partial charge in [-0.1, -0.05) is 98.7 Å². The van der Waals surface area contributed by atoms with Crippen molar-refractivity contribution in [2.24, 2.45) is 4.99 Å². The highest BCUT2D eigenvalue weighted by molar-refractivity contribution is 6.09. The molecule has 0 saturated heterocycles. The highest BCUT2D eigenvalue weighted by Gasteiger charge is 2.50. The second-order valence-corrected chi connectivity index (χ2v) is 18.2. The van der Waals surface area contributed by atoms with Crippen molar-refractivity contribution in [1.82, 2.24) is 9.55 Å². The zero-order valence-corrected chi connectivity index (χ0v) is 33.0. The lowest BCUT2D eigenvalue weighted by Gasteiger charge is -2.34. The summed E-state index contributed by atoms with van der Waals surface area (Å²) in [6.07, 6.45) is 1.93. The average molecular weight is 692 g/mol. The van der Waals surface area contributed by atoms with Crippen molar-refractivity contribution in [3.63, 3.8) is 0 Å². The van der Waals surface area contributed by atoms with Crippen molar-refractivity contribution in [3.8, 4) is 17.3 Å².